The van der Waals surface area contributed by atoms with Gasteiger partial charge in [-0.2, -0.15) is 0 Å². The first kappa shape index (κ1) is 23.2. The van der Waals surface area contributed by atoms with Gasteiger partial charge >= 0.3 is 6.03 Å². The highest BCUT2D eigenvalue weighted by Gasteiger charge is 2.38. The Labute approximate surface area is 199 Å². The zero-order chi connectivity index (χ0) is 22.7. The van der Waals surface area contributed by atoms with E-state index in [2.05, 4.69) is 5.32 Å². The summed E-state index contributed by atoms with van der Waals surface area (Å²) >= 11 is 12.2. The summed E-state index contributed by atoms with van der Waals surface area (Å²) in [6.45, 7) is 3.28. The third-order valence-electron chi connectivity index (χ3n) is 6.70. The molecule has 7 nitrogen and oxygen atoms in total. The molecule has 2 unspecified atom stereocenters. The second-order valence-corrected chi connectivity index (χ2v) is 9.76. The molecule has 0 radical (unpaired) electrons. The van der Waals surface area contributed by atoms with Crippen LogP contribution in [0.15, 0.2) is 18.2 Å². The number of halogens is 2. The van der Waals surface area contributed by atoms with Gasteiger partial charge in [0.1, 0.15) is 6.04 Å². The minimum Gasteiger partial charge on any atom is -0.330 e. The van der Waals surface area contributed by atoms with Crippen molar-refractivity contribution in [2.75, 3.05) is 38.0 Å². The van der Waals surface area contributed by atoms with Crippen LogP contribution in [-0.4, -0.2) is 71.3 Å². The molecule has 3 fully saturated rings. The van der Waals surface area contributed by atoms with Crippen molar-refractivity contribution in [2.45, 2.75) is 51.0 Å². The van der Waals surface area contributed by atoms with Crippen LogP contribution in [-0.2, 0) is 9.59 Å². The first-order valence-corrected chi connectivity index (χ1v) is 12.3. The van der Waals surface area contributed by atoms with Crippen molar-refractivity contribution in [1.82, 2.24) is 14.7 Å². The van der Waals surface area contributed by atoms with Crippen LogP contribution in [0.5, 0.6) is 0 Å². The van der Waals surface area contributed by atoms with E-state index < -0.39 is 6.04 Å². The minimum atomic E-state index is -0.535. The van der Waals surface area contributed by atoms with Gasteiger partial charge in [-0.05, 0) is 63.1 Å². The molecule has 3 saturated heterocycles. The van der Waals surface area contributed by atoms with Crippen LogP contribution in [0.25, 0.3) is 0 Å². The van der Waals surface area contributed by atoms with E-state index in [9.17, 15) is 14.4 Å². The number of urea groups is 1. The molecule has 4 rings (SSSR count). The molecule has 174 valence electrons. The van der Waals surface area contributed by atoms with Crippen LogP contribution in [0.1, 0.15) is 44.9 Å². The lowest BCUT2D eigenvalue weighted by Gasteiger charge is -2.40. The second kappa shape index (κ2) is 10.3. The number of nitrogens with one attached hydrogen (secondary N) is 1. The summed E-state index contributed by atoms with van der Waals surface area (Å²) in [6, 6.07) is 4.43. The first-order valence-electron chi connectivity index (χ1n) is 11.5. The fourth-order valence-electron chi connectivity index (χ4n) is 4.97. The van der Waals surface area contributed by atoms with E-state index in [1.807, 2.05) is 9.80 Å². The van der Waals surface area contributed by atoms with Gasteiger partial charge in [0.25, 0.3) is 0 Å². The van der Waals surface area contributed by atoms with Crippen LogP contribution in [0.3, 0.4) is 0 Å². The maximum absolute atomic E-state index is 13.5. The quantitative estimate of drug-likeness (QED) is 0.702. The number of piperidine rings is 2. The lowest BCUT2D eigenvalue weighted by atomic mass is 9.93. The molecule has 9 heteroatoms. The smallest absolute Gasteiger partial charge is 0.320 e. The molecule has 0 spiro atoms. The van der Waals surface area contributed by atoms with Gasteiger partial charge in [-0.25, -0.2) is 4.79 Å². The maximum atomic E-state index is 13.5. The molecule has 0 aliphatic carbocycles. The molecule has 3 aliphatic heterocycles. The van der Waals surface area contributed by atoms with Crippen molar-refractivity contribution < 1.29 is 14.4 Å². The molecule has 3 heterocycles. The summed E-state index contributed by atoms with van der Waals surface area (Å²) in [5, 5.41) is 3.72. The number of benzene rings is 1. The van der Waals surface area contributed by atoms with Gasteiger partial charge in [-0.3, -0.25) is 9.59 Å². The topological polar surface area (TPSA) is 73.0 Å². The van der Waals surface area contributed by atoms with Gasteiger partial charge in [0.15, 0.2) is 0 Å². The van der Waals surface area contributed by atoms with Gasteiger partial charge < -0.3 is 20.0 Å². The number of carbonyl (C=O) groups excluding carboxylic acids is 3. The molecule has 2 atom stereocenters. The standard InChI is InChI=1S/C23H30Cl2N4O3/c24-17-8-9-19(18(25)14-17)26-21(30)20-7-1-2-13-29(20)22(31)16-6-5-12-28(15-16)23(32)27-10-3-4-11-27/h8-9,14,16,20H,1-7,10-13,15H2,(H,26,30). The average molecular weight is 481 g/mol. The Balaban J connectivity index is 1.42. The molecule has 4 amide bonds. The molecule has 0 bridgehead atoms. The molecule has 0 saturated carbocycles. The van der Waals surface area contributed by atoms with E-state index >= 15 is 0 Å². The van der Waals surface area contributed by atoms with Crippen molar-refractivity contribution in [3.05, 3.63) is 28.2 Å². The predicted molar refractivity (Wildman–Crippen MR) is 125 cm³/mol. The first-order chi connectivity index (χ1) is 15.4. The van der Waals surface area contributed by atoms with Gasteiger partial charge in [0, 0.05) is 37.7 Å². The predicted octanol–water partition coefficient (Wildman–Crippen LogP) is 4.24. The van der Waals surface area contributed by atoms with E-state index in [0.29, 0.717) is 41.8 Å². The van der Waals surface area contributed by atoms with Crippen LogP contribution >= 0.6 is 23.2 Å². The zero-order valence-corrected chi connectivity index (χ0v) is 19.7. The Morgan fingerprint density at radius 1 is 0.875 bits per heavy atom. The highest BCUT2D eigenvalue weighted by molar-refractivity contribution is 6.36. The number of hydrogen-bond acceptors (Lipinski definition) is 3. The molecule has 1 aromatic rings. The Morgan fingerprint density at radius 3 is 2.34 bits per heavy atom. The summed E-state index contributed by atoms with van der Waals surface area (Å²) in [6.07, 6.45) is 6.03. The zero-order valence-electron chi connectivity index (χ0n) is 18.2. The molecular weight excluding hydrogens is 451 g/mol. The van der Waals surface area contributed by atoms with Crippen molar-refractivity contribution >= 4 is 46.7 Å². The summed E-state index contributed by atoms with van der Waals surface area (Å²) < 4.78 is 0. The monoisotopic (exact) mass is 480 g/mol. The van der Waals surface area contributed by atoms with Crippen molar-refractivity contribution in [1.29, 1.82) is 0 Å². The van der Waals surface area contributed by atoms with Crippen LogP contribution in [0.4, 0.5) is 10.5 Å². The highest BCUT2D eigenvalue weighted by atomic mass is 35.5. The van der Waals surface area contributed by atoms with Crippen molar-refractivity contribution in [3.8, 4) is 0 Å². The number of carbonyl (C=O) groups is 3. The van der Waals surface area contributed by atoms with Crippen LogP contribution in [0, 0.1) is 5.92 Å². The molecule has 3 aliphatic rings. The fourth-order valence-corrected chi connectivity index (χ4v) is 5.43. The normalized spacial score (nSPS) is 23.9. The van der Waals surface area contributed by atoms with Gasteiger partial charge in [0.05, 0.1) is 16.6 Å². The van der Waals surface area contributed by atoms with E-state index in [1.54, 1.807) is 23.1 Å². The number of nitrogens with zero attached hydrogens (tertiary/aromatic N) is 3. The number of rotatable bonds is 3. The minimum absolute atomic E-state index is 0.0222. The van der Waals surface area contributed by atoms with Gasteiger partial charge in [0.2, 0.25) is 11.8 Å². The second-order valence-electron chi connectivity index (χ2n) is 8.92. The number of likely N-dealkylation sites (tertiary alicyclic amines) is 3. The molecule has 0 aromatic heterocycles. The maximum Gasteiger partial charge on any atom is 0.320 e. The number of amides is 4. The van der Waals surface area contributed by atoms with Gasteiger partial charge in [-0.1, -0.05) is 23.2 Å². The van der Waals surface area contributed by atoms with Crippen LogP contribution in [0.2, 0.25) is 10.0 Å². The fraction of sp³-hybridized carbons (Fsp3) is 0.609. The molecule has 32 heavy (non-hydrogen) atoms. The third-order valence-corrected chi connectivity index (χ3v) is 7.24. The largest absolute Gasteiger partial charge is 0.330 e. The molecule has 1 N–H and O–H groups in total. The van der Waals surface area contributed by atoms with E-state index in [-0.39, 0.29) is 23.8 Å². The Kier molecular flexibility index (Phi) is 7.46. The number of hydrogen-bond donors (Lipinski definition) is 1. The molecular formula is C23H30Cl2N4O3. The SMILES string of the molecule is O=C(Nc1ccc(Cl)cc1Cl)C1CCCCN1C(=O)C1CCCN(C(=O)N2CCCC2)C1. The average Bonchev–Trinajstić information content (AvgIpc) is 3.35. The summed E-state index contributed by atoms with van der Waals surface area (Å²) in [4.78, 5) is 44.8. The lowest BCUT2D eigenvalue weighted by Crippen LogP contribution is -2.55. The Morgan fingerprint density at radius 2 is 1.59 bits per heavy atom. The van der Waals surface area contributed by atoms with Gasteiger partial charge in [-0.15, -0.1) is 0 Å². The Bertz CT molecular complexity index is 875. The van der Waals surface area contributed by atoms with Crippen molar-refractivity contribution in [3.63, 3.8) is 0 Å². The molecule has 1 aromatic carbocycles. The number of anilines is 1. The van der Waals surface area contributed by atoms with E-state index in [0.717, 1.165) is 51.6 Å². The van der Waals surface area contributed by atoms with Crippen molar-refractivity contribution in [2.24, 2.45) is 5.92 Å². The summed E-state index contributed by atoms with van der Waals surface area (Å²) in [5.74, 6) is -0.517. The third kappa shape index (κ3) is 5.15. The summed E-state index contributed by atoms with van der Waals surface area (Å²) in [7, 11) is 0. The van der Waals surface area contributed by atoms with E-state index in [4.69, 9.17) is 23.2 Å². The summed E-state index contributed by atoms with van der Waals surface area (Å²) in [5.41, 5.74) is 0.485. The van der Waals surface area contributed by atoms with Crippen LogP contribution < -0.4 is 5.32 Å². The van der Waals surface area contributed by atoms with E-state index in [1.165, 1.54) is 0 Å². The Hall–Kier alpha value is -1.99. The highest BCUT2D eigenvalue weighted by Crippen LogP contribution is 2.29. The lowest BCUT2D eigenvalue weighted by molar-refractivity contribution is -0.145.